The monoisotopic (exact) mass is 1040 g/mol. The molecule has 10 atom stereocenters. The molecule has 0 saturated carbocycles. The fourth-order valence-corrected chi connectivity index (χ4v) is 9.82. The molecule has 8 rings (SSSR count). The summed E-state index contributed by atoms with van der Waals surface area (Å²) in [5, 5.41) is 0. The molecular formula is C61H66O13S. The van der Waals surface area contributed by atoms with E-state index in [1.165, 1.54) is 18.7 Å². The predicted octanol–water partition coefficient (Wildman–Crippen LogP) is 10.3. The predicted molar refractivity (Wildman–Crippen MR) is 283 cm³/mol. The van der Waals surface area contributed by atoms with Gasteiger partial charge in [0.05, 0.1) is 51.6 Å². The van der Waals surface area contributed by atoms with Gasteiger partial charge in [0.1, 0.15) is 60.6 Å². The first kappa shape index (κ1) is 55.2. The fourth-order valence-electron chi connectivity index (χ4n) is 8.87. The normalized spacial score (nSPS) is 23.5. The summed E-state index contributed by atoms with van der Waals surface area (Å²) in [6, 6.07) is 57.6. The first-order valence-electron chi connectivity index (χ1n) is 25.5. The van der Waals surface area contributed by atoms with E-state index in [-0.39, 0.29) is 64.9 Å². The highest BCUT2D eigenvalue weighted by molar-refractivity contribution is 7.99. The highest BCUT2D eigenvalue weighted by atomic mass is 32.2. The second-order valence-corrected chi connectivity index (χ2v) is 19.7. The number of benzene rings is 6. The number of rotatable bonds is 27. The van der Waals surface area contributed by atoms with Crippen molar-refractivity contribution in [3.8, 4) is 0 Å². The maximum atomic E-state index is 13.8. The Labute approximate surface area is 444 Å². The Morgan fingerprint density at radius 2 is 0.893 bits per heavy atom. The number of hydrogen-bond acceptors (Lipinski definition) is 14. The first-order chi connectivity index (χ1) is 36.8. The van der Waals surface area contributed by atoms with E-state index in [9.17, 15) is 14.4 Å². The van der Waals surface area contributed by atoms with Gasteiger partial charge in [-0.3, -0.25) is 4.79 Å². The number of ether oxygens (including phenoxy) is 10. The van der Waals surface area contributed by atoms with Crippen LogP contribution >= 0.6 is 11.8 Å². The van der Waals surface area contributed by atoms with Crippen LogP contribution in [0.3, 0.4) is 0 Å². The van der Waals surface area contributed by atoms with Gasteiger partial charge in [0.15, 0.2) is 12.4 Å². The largest absolute Gasteiger partial charge is 0.459 e. The van der Waals surface area contributed by atoms with Crippen LogP contribution in [0.15, 0.2) is 182 Å². The van der Waals surface area contributed by atoms with Gasteiger partial charge in [-0.15, -0.1) is 11.8 Å². The Hall–Kier alpha value is -6.04. The van der Waals surface area contributed by atoms with Gasteiger partial charge < -0.3 is 52.2 Å². The van der Waals surface area contributed by atoms with Crippen molar-refractivity contribution < 1.29 is 61.8 Å². The van der Waals surface area contributed by atoms with Crippen molar-refractivity contribution in [3.63, 3.8) is 0 Å². The van der Waals surface area contributed by atoms with E-state index in [2.05, 4.69) is 0 Å². The summed E-state index contributed by atoms with van der Waals surface area (Å²) in [4.78, 5) is 39.6. The van der Waals surface area contributed by atoms with Gasteiger partial charge in [0, 0.05) is 6.42 Å². The Balaban J connectivity index is 1.22. The topological polar surface area (TPSA) is 144 Å². The molecule has 0 N–H and O–H groups in total. The van der Waals surface area contributed by atoms with E-state index in [1.807, 2.05) is 165 Å². The van der Waals surface area contributed by atoms with E-state index < -0.39 is 72.5 Å². The smallest absolute Gasteiger partial charge is 0.338 e. The van der Waals surface area contributed by atoms with Crippen LogP contribution in [0.4, 0.5) is 0 Å². The van der Waals surface area contributed by atoms with Crippen LogP contribution in [0, 0.1) is 0 Å². The summed E-state index contributed by atoms with van der Waals surface area (Å²) in [5.74, 6) is -0.768. The third-order valence-electron chi connectivity index (χ3n) is 12.7. The third-order valence-corrected chi connectivity index (χ3v) is 13.7. The standard InChI is InChI=1S/C61H66O13S/c1-3-75-61-58(73-52(63)35-34-43(2)62)56(68-39-47-28-16-7-17-29-47)54(51(72-61)42-70-59(64)49-32-20-9-21-33-49)74-60-57(69-40-48-30-18-8-19-31-48)55(67-38-46-26-14-6-15-27-46)53(66-37-45-24-12-5-13-25-45)50(71-60)41-65-36-44-22-10-4-11-23-44/h4-33,50-51,53-58,60-61H,3,34-42H2,1-2H3/t50-,51-,53+,54+,55+,56+,57-,58-,60-,61+/m1/s1. The van der Waals surface area contributed by atoms with Crippen molar-refractivity contribution in [1.82, 2.24) is 0 Å². The Morgan fingerprint density at radius 1 is 0.467 bits per heavy atom. The average Bonchev–Trinajstić information content (AvgIpc) is 3.46. The van der Waals surface area contributed by atoms with Gasteiger partial charge in [-0.2, -0.15) is 0 Å². The first-order valence-corrected chi connectivity index (χ1v) is 26.6. The average molecular weight is 1040 g/mol. The third kappa shape index (κ3) is 16.7. The molecule has 6 aromatic rings. The molecule has 2 saturated heterocycles. The molecule has 394 valence electrons. The van der Waals surface area contributed by atoms with Crippen molar-refractivity contribution in [2.24, 2.45) is 0 Å². The summed E-state index contributed by atoms with van der Waals surface area (Å²) in [6.45, 7) is 4.09. The second-order valence-electron chi connectivity index (χ2n) is 18.3. The number of thioether (sulfide) groups is 1. The Kier molecular flexibility index (Phi) is 21.6. The maximum Gasteiger partial charge on any atom is 0.338 e. The quantitative estimate of drug-likeness (QED) is 0.0452. The van der Waals surface area contributed by atoms with E-state index >= 15 is 0 Å². The van der Waals surface area contributed by atoms with Crippen molar-refractivity contribution in [2.45, 2.75) is 120 Å². The lowest BCUT2D eigenvalue weighted by molar-refractivity contribution is -0.358. The van der Waals surface area contributed by atoms with Gasteiger partial charge in [-0.25, -0.2) is 4.79 Å². The van der Waals surface area contributed by atoms with Crippen molar-refractivity contribution in [2.75, 3.05) is 19.0 Å². The molecule has 2 aliphatic heterocycles. The summed E-state index contributed by atoms with van der Waals surface area (Å²) < 4.78 is 68.2. The zero-order valence-corrected chi connectivity index (χ0v) is 43.2. The zero-order chi connectivity index (χ0) is 52.0. The molecule has 6 aromatic carbocycles. The number of ketones is 1. The number of esters is 2. The summed E-state index contributed by atoms with van der Waals surface area (Å²) in [7, 11) is 0. The van der Waals surface area contributed by atoms with Crippen molar-refractivity contribution in [3.05, 3.63) is 215 Å². The Morgan fingerprint density at radius 3 is 1.37 bits per heavy atom. The molecule has 0 aromatic heterocycles. The van der Waals surface area contributed by atoms with Gasteiger partial charge >= 0.3 is 11.9 Å². The van der Waals surface area contributed by atoms with Crippen LogP contribution in [-0.2, 0) is 90.0 Å². The summed E-state index contributed by atoms with van der Waals surface area (Å²) >= 11 is 1.41. The van der Waals surface area contributed by atoms with Crippen molar-refractivity contribution in [1.29, 1.82) is 0 Å². The summed E-state index contributed by atoms with van der Waals surface area (Å²) in [6.07, 6.45) is -9.18. The lowest BCUT2D eigenvalue weighted by Crippen LogP contribution is -2.66. The minimum atomic E-state index is -1.26. The highest BCUT2D eigenvalue weighted by Gasteiger charge is 2.55. The van der Waals surface area contributed by atoms with Gasteiger partial charge in [-0.05, 0) is 52.6 Å². The number of hydrogen-bond donors (Lipinski definition) is 0. The molecule has 2 fully saturated rings. The zero-order valence-electron chi connectivity index (χ0n) is 42.4. The van der Waals surface area contributed by atoms with Crippen LogP contribution < -0.4 is 0 Å². The SMILES string of the molecule is CCS[C@@H]1O[C@H](COC(=O)c2ccccc2)[C@H](O[C@H]2O[C@H](COCc3ccccc3)[C@H](OCc3ccccc3)[C@H](OCc3ccccc3)[C@H]2OCc2ccccc2)[C@H](OCc2ccccc2)[C@H]1OC(=O)CCC(C)=O. The van der Waals surface area contributed by atoms with Crippen LogP contribution in [-0.4, -0.2) is 97.2 Å². The highest BCUT2D eigenvalue weighted by Crippen LogP contribution is 2.39. The molecule has 0 unspecified atom stereocenters. The maximum absolute atomic E-state index is 13.8. The lowest BCUT2D eigenvalue weighted by atomic mass is 9.96. The van der Waals surface area contributed by atoms with Gasteiger partial charge in [0.2, 0.25) is 0 Å². The molecule has 2 aliphatic rings. The fraction of sp³-hybridized carbons (Fsp3) is 0.361. The minimum Gasteiger partial charge on any atom is -0.459 e. The molecule has 14 heteroatoms. The molecule has 0 amide bonds. The molecule has 13 nitrogen and oxygen atoms in total. The van der Waals surface area contributed by atoms with Crippen LogP contribution in [0.25, 0.3) is 0 Å². The molecule has 0 aliphatic carbocycles. The number of Topliss-reactive ketones (excluding diaryl/α,β-unsaturated/α-hetero) is 1. The van der Waals surface area contributed by atoms with E-state index in [4.69, 9.17) is 47.4 Å². The van der Waals surface area contributed by atoms with Crippen LogP contribution in [0.2, 0.25) is 0 Å². The molecule has 2 heterocycles. The van der Waals surface area contributed by atoms with Crippen LogP contribution in [0.5, 0.6) is 0 Å². The summed E-state index contributed by atoms with van der Waals surface area (Å²) in [5.41, 5.74) is 4.11. The molecule has 0 bridgehead atoms. The number of carbonyl (C=O) groups is 3. The molecule has 0 radical (unpaired) electrons. The minimum absolute atomic E-state index is 0.00646. The number of carbonyl (C=O) groups excluding carboxylic acids is 3. The van der Waals surface area contributed by atoms with E-state index in [1.54, 1.807) is 24.3 Å². The van der Waals surface area contributed by atoms with E-state index in [0.29, 0.717) is 11.3 Å². The molecule has 0 spiro atoms. The van der Waals surface area contributed by atoms with E-state index in [0.717, 1.165) is 27.8 Å². The molecular weight excluding hydrogens is 973 g/mol. The Bertz CT molecular complexity index is 2600. The molecule has 75 heavy (non-hydrogen) atoms. The van der Waals surface area contributed by atoms with Crippen molar-refractivity contribution >= 4 is 29.5 Å². The second kappa shape index (κ2) is 29.3. The lowest BCUT2D eigenvalue weighted by Gasteiger charge is -2.50. The van der Waals surface area contributed by atoms with Crippen LogP contribution in [0.1, 0.15) is 64.9 Å². The van der Waals surface area contributed by atoms with Gasteiger partial charge in [-0.1, -0.05) is 177 Å². The van der Waals surface area contributed by atoms with Gasteiger partial charge in [0.25, 0.3) is 0 Å².